The normalized spacial score (nSPS) is 20.0. The fourth-order valence-corrected chi connectivity index (χ4v) is 4.92. The number of nitrogens with zero attached hydrogens (tertiary/aromatic N) is 2. The van der Waals surface area contributed by atoms with Crippen LogP contribution in [0, 0.1) is 5.41 Å². The molecule has 1 N–H and O–H groups in total. The molecule has 1 atom stereocenters. The molecule has 0 radical (unpaired) electrons. The van der Waals surface area contributed by atoms with Gasteiger partial charge in [-0.3, -0.25) is 14.4 Å². The Morgan fingerprint density at radius 1 is 1.19 bits per heavy atom. The Kier molecular flexibility index (Phi) is 8.12. The number of para-hydroxylation sites is 1. The molecule has 0 aliphatic carbocycles. The average Bonchev–Trinajstić information content (AvgIpc) is 3.09. The summed E-state index contributed by atoms with van der Waals surface area (Å²) in [5, 5.41) is 2.87. The zero-order valence-corrected chi connectivity index (χ0v) is 19.4. The quantitative estimate of drug-likeness (QED) is 0.584. The number of aryl methyl sites for hydroxylation is 1. The average molecular weight is 446 g/mol. The zero-order valence-electron chi connectivity index (χ0n) is 19.4. The third-order valence-corrected chi connectivity index (χ3v) is 6.80. The van der Waals surface area contributed by atoms with E-state index in [0.29, 0.717) is 64.9 Å². The molecule has 1 unspecified atom stereocenters. The molecule has 1 aromatic rings. The predicted octanol–water partition coefficient (Wildman–Crippen LogP) is 1.62. The van der Waals surface area contributed by atoms with E-state index in [4.69, 9.17) is 9.47 Å². The second-order valence-corrected chi connectivity index (χ2v) is 8.57. The van der Waals surface area contributed by atoms with Crippen LogP contribution in [0.25, 0.3) is 0 Å². The highest BCUT2D eigenvalue weighted by molar-refractivity contribution is 5.94. The third kappa shape index (κ3) is 5.06. The molecular formula is C24H35N3O5. The third-order valence-electron chi connectivity index (χ3n) is 6.80. The molecule has 176 valence electrons. The van der Waals surface area contributed by atoms with E-state index in [0.717, 1.165) is 11.3 Å². The van der Waals surface area contributed by atoms with Crippen molar-refractivity contribution in [1.82, 2.24) is 15.1 Å². The number of carbonyl (C=O) groups excluding carboxylic acids is 3. The van der Waals surface area contributed by atoms with E-state index in [-0.39, 0.29) is 17.7 Å². The van der Waals surface area contributed by atoms with Gasteiger partial charge in [-0.15, -0.1) is 0 Å². The summed E-state index contributed by atoms with van der Waals surface area (Å²) < 4.78 is 10.4. The van der Waals surface area contributed by atoms with Crippen molar-refractivity contribution in [3.05, 3.63) is 29.8 Å². The molecule has 1 aromatic carbocycles. The Labute approximate surface area is 190 Å². The van der Waals surface area contributed by atoms with Gasteiger partial charge in [0.2, 0.25) is 17.7 Å². The fraction of sp³-hybridized carbons (Fsp3) is 0.625. The minimum absolute atomic E-state index is 0.0491. The number of ether oxygens (including phenoxy) is 2. The lowest BCUT2D eigenvalue weighted by atomic mass is 9.76. The number of likely N-dealkylation sites (N-methyl/N-ethyl adjacent to an activating group) is 1. The van der Waals surface area contributed by atoms with Crippen LogP contribution in [0.3, 0.4) is 0 Å². The lowest BCUT2D eigenvalue weighted by Gasteiger charge is -2.38. The number of hydrogen-bond donors (Lipinski definition) is 1. The van der Waals surface area contributed by atoms with Gasteiger partial charge in [-0.05, 0) is 44.2 Å². The van der Waals surface area contributed by atoms with Crippen molar-refractivity contribution in [3.8, 4) is 5.75 Å². The minimum atomic E-state index is -0.543. The van der Waals surface area contributed by atoms with Crippen LogP contribution in [0.2, 0.25) is 0 Å². The molecule has 2 fully saturated rings. The Morgan fingerprint density at radius 3 is 2.56 bits per heavy atom. The van der Waals surface area contributed by atoms with Gasteiger partial charge in [-0.25, -0.2) is 0 Å². The van der Waals surface area contributed by atoms with Gasteiger partial charge in [-0.2, -0.15) is 0 Å². The first-order valence-electron chi connectivity index (χ1n) is 11.4. The summed E-state index contributed by atoms with van der Waals surface area (Å²) in [5.74, 6) is 0.818. The summed E-state index contributed by atoms with van der Waals surface area (Å²) >= 11 is 0. The lowest BCUT2D eigenvalue weighted by Crippen LogP contribution is -2.47. The summed E-state index contributed by atoms with van der Waals surface area (Å²) in [4.78, 5) is 42.3. The van der Waals surface area contributed by atoms with E-state index in [1.54, 1.807) is 19.1 Å². The van der Waals surface area contributed by atoms with Gasteiger partial charge in [0.25, 0.3) is 0 Å². The summed E-state index contributed by atoms with van der Waals surface area (Å²) in [5.41, 5.74) is 0.474. The van der Waals surface area contributed by atoms with Gasteiger partial charge in [-0.1, -0.05) is 18.2 Å². The smallest absolute Gasteiger partial charge is 0.242 e. The molecule has 0 aromatic heterocycles. The van der Waals surface area contributed by atoms with Gasteiger partial charge in [0.1, 0.15) is 11.8 Å². The number of hydrogen-bond acceptors (Lipinski definition) is 5. The predicted molar refractivity (Wildman–Crippen MR) is 120 cm³/mol. The van der Waals surface area contributed by atoms with Crippen LogP contribution in [0.4, 0.5) is 0 Å². The molecular weight excluding hydrogens is 410 g/mol. The van der Waals surface area contributed by atoms with E-state index in [1.165, 1.54) is 0 Å². The molecule has 0 bridgehead atoms. The number of rotatable bonds is 9. The SMILES string of the molecule is CCN1C(=O)C2(CCN(C(=O)CCc3ccccc3OC)CC2)CC1C(=O)NCCOC. The first kappa shape index (κ1) is 24.0. The largest absolute Gasteiger partial charge is 0.496 e. The number of benzene rings is 1. The van der Waals surface area contributed by atoms with E-state index < -0.39 is 11.5 Å². The van der Waals surface area contributed by atoms with Crippen molar-refractivity contribution >= 4 is 17.7 Å². The molecule has 2 heterocycles. The van der Waals surface area contributed by atoms with Crippen molar-refractivity contribution in [2.45, 2.75) is 45.1 Å². The number of carbonyl (C=O) groups is 3. The molecule has 3 amide bonds. The van der Waals surface area contributed by atoms with Gasteiger partial charge in [0, 0.05) is 39.7 Å². The Hall–Kier alpha value is -2.61. The molecule has 8 nitrogen and oxygen atoms in total. The summed E-state index contributed by atoms with van der Waals surface area (Å²) in [6, 6.07) is 7.29. The number of likely N-dealkylation sites (tertiary alicyclic amines) is 2. The van der Waals surface area contributed by atoms with Gasteiger partial charge in [0.15, 0.2) is 0 Å². The highest BCUT2D eigenvalue weighted by Gasteiger charge is 2.54. The van der Waals surface area contributed by atoms with Crippen LogP contribution in [0.1, 0.15) is 38.2 Å². The van der Waals surface area contributed by atoms with E-state index >= 15 is 0 Å². The zero-order chi connectivity index (χ0) is 23.1. The van der Waals surface area contributed by atoms with Crippen LogP contribution in [-0.2, 0) is 25.5 Å². The first-order chi connectivity index (χ1) is 15.5. The number of methoxy groups -OCH3 is 2. The number of piperidine rings is 1. The Balaban J connectivity index is 1.56. The first-order valence-corrected chi connectivity index (χ1v) is 11.4. The standard InChI is InChI=1S/C24H35N3O5/c1-4-27-19(22(29)25-13-16-31-2)17-24(23(27)30)11-14-26(15-12-24)21(28)10-9-18-7-5-6-8-20(18)32-3/h5-8,19H,4,9-17H2,1-3H3,(H,25,29). The molecule has 8 heteroatoms. The van der Waals surface area contributed by atoms with E-state index in [1.807, 2.05) is 36.1 Å². The van der Waals surface area contributed by atoms with Crippen molar-refractivity contribution in [3.63, 3.8) is 0 Å². The maximum atomic E-state index is 13.2. The summed E-state index contributed by atoms with van der Waals surface area (Å²) in [7, 11) is 3.22. The van der Waals surface area contributed by atoms with Crippen LogP contribution in [0.15, 0.2) is 24.3 Å². The van der Waals surface area contributed by atoms with Gasteiger partial charge in [0.05, 0.1) is 19.1 Å². The monoisotopic (exact) mass is 445 g/mol. The van der Waals surface area contributed by atoms with E-state index in [2.05, 4.69) is 5.32 Å². The fourth-order valence-electron chi connectivity index (χ4n) is 4.92. The van der Waals surface area contributed by atoms with E-state index in [9.17, 15) is 14.4 Å². The number of amides is 3. The summed E-state index contributed by atoms with van der Waals surface area (Å²) in [6.07, 6.45) is 2.75. The molecule has 2 aliphatic rings. The van der Waals surface area contributed by atoms with Crippen molar-refractivity contribution < 1.29 is 23.9 Å². The van der Waals surface area contributed by atoms with Gasteiger partial charge >= 0.3 is 0 Å². The highest BCUT2D eigenvalue weighted by atomic mass is 16.5. The molecule has 32 heavy (non-hydrogen) atoms. The minimum Gasteiger partial charge on any atom is -0.496 e. The highest BCUT2D eigenvalue weighted by Crippen LogP contribution is 2.44. The Bertz CT molecular complexity index is 820. The molecule has 3 rings (SSSR count). The van der Waals surface area contributed by atoms with Crippen LogP contribution >= 0.6 is 0 Å². The van der Waals surface area contributed by atoms with Crippen LogP contribution in [-0.4, -0.2) is 80.6 Å². The Morgan fingerprint density at radius 2 is 1.91 bits per heavy atom. The van der Waals surface area contributed by atoms with Crippen LogP contribution < -0.4 is 10.1 Å². The molecule has 0 saturated carbocycles. The van der Waals surface area contributed by atoms with Crippen molar-refractivity contribution in [2.24, 2.45) is 5.41 Å². The second-order valence-electron chi connectivity index (χ2n) is 8.57. The van der Waals surface area contributed by atoms with Gasteiger partial charge < -0.3 is 24.6 Å². The lowest BCUT2D eigenvalue weighted by molar-refractivity contribution is -0.143. The summed E-state index contributed by atoms with van der Waals surface area (Å²) in [6.45, 7) is 4.38. The van der Waals surface area contributed by atoms with Crippen molar-refractivity contribution in [1.29, 1.82) is 0 Å². The van der Waals surface area contributed by atoms with Crippen LogP contribution in [0.5, 0.6) is 5.75 Å². The molecule has 1 spiro atoms. The maximum Gasteiger partial charge on any atom is 0.242 e. The maximum absolute atomic E-state index is 13.2. The molecule has 2 aliphatic heterocycles. The topological polar surface area (TPSA) is 88.2 Å². The second kappa shape index (κ2) is 10.8. The molecule has 2 saturated heterocycles. The van der Waals surface area contributed by atoms with Crippen molar-refractivity contribution in [2.75, 3.05) is 47.0 Å². The number of nitrogens with one attached hydrogen (secondary N) is 1.